The molecular formula is C20H20F3N6O7P. The Labute approximate surface area is 206 Å². The molecule has 2 aromatic heterocycles. The monoisotopic (exact) mass is 544 g/mol. The van der Waals surface area contributed by atoms with E-state index >= 15 is 0 Å². The zero-order valence-corrected chi connectivity index (χ0v) is 19.6. The molecule has 13 nitrogen and oxygen atoms in total. The van der Waals surface area contributed by atoms with E-state index in [1.54, 1.807) is 16.9 Å². The molecule has 198 valence electrons. The summed E-state index contributed by atoms with van der Waals surface area (Å²) in [5.41, 5.74) is 1.35. The average molecular weight is 544 g/mol. The number of ether oxygens (including phenoxy) is 1. The number of cyclic esters (lactones) is 1. The van der Waals surface area contributed by atoms with Crippen molar-refractivity contribution in [3.8, 4) is 22.6 Å². The number of aliphatic hydroxyl groups is 1. The molecule has 0 bridgehead atoms. The molecule has 1 aliphatic heterocycles. The molecule has 37 heavy (non-hydrogen) atoms. The molecule has 2 atom stereocenters. The minimum Gasteiger partial charge on any atom is -0.441 e. The maximum atomic E-state index is 14.8. The van der Waals surface area contributed by atoms with E-state index in [2.05, 4.69) is 20.4 Å². The zero-order chi connectivity index (χ0) is 26.9. The fourth-order valence-corrected chi connectivity index (χ4v) is 3.41. The number of halogens is 3. The molecule has 1 amide bonds. The first kappa shape index (κ1) is 26.6. The van der Waals surface area contributed by atoms with E-state index in [1.165, 1.54) is 18.3 Å². The third-order valence-electron chi connectivity index (χ3n) is 5.34. The van der Waals surface area contributed by atoms with Crippen molar-refractivity contribution < 1.29 is 47.1 Å². The Hall–Kier alpha value is -3.43. The summed E-state index contributed by atoms with van der Waals surface area (Å²) in [7, 11) is -4.64. The molecular weight excluding hydrogens is 524 g/mol. The summed E-state index contributed by atoms with van der Waals surface area (Å²) < 4.78 is 53.8. The van der Waals surface area contributed by atoms with Crippen LogP contribution in [0.4, 0.5) is 23.7 Å². The largest absolute Gasteiger partial charge is 0.466 e. The smallest absolute Gasteiger partial charge is 0.441 e. The standard InChI is InChI=1S/C20H17F3N6O3.H3O4P/c21-14-7-12(28-9-16(32-20(28)31)17(30)18(22)23)4-5-13(14)10-1-6-15(24-8-10)19-25-27-29(26-19)11-2-3-11;1-5(2,3)4/h1,4-8,11,16-18,30H,2-3,9H2;(H3,1,2,3,4)/t16-,17?;/m1./s1. The fraction of sp³-hybridized carbons (Fsp3) is 0.350. The first-order valence-electron chi connectivity index (χ1n) is 10.7. The van der Waals surface area contributed by atoms with Crippen LogP contribution in [0.1, 0.15) is 18.9 Å². The molecule has 2 fully saturated rings. The molecule has 3 heterocycles. The van der Waals surface area contributed by atoms with Gasteiger partial charge in [0.25, 0.3) is 6.43 Å². The number of nitrogens with zero attached hydrogens (tertiary/aromatic N) is 6. The Morgan fingerprint density at radius 1 is 1.14 bits per heavy atom. The second-order valence-electron chi connectivity index (χ2n) is 8.13. The number of carbonyl (C=O) groups is 1. The van der Waals surface area contributed by atoms with E-state index in [0.717, 1.165) is 23.8 Å². The molecule has 1 saturated carbocycles. The molecule has 0 spiro atoms. The summed E-state index contributed by atoms with van der Waals surface area (Å²) in [6, 6.07) is 7.64. The number of pyridine rings is 1. The van der Waals surface area contributed by atoms with Crippen molar-refractivity contribution in [2.75, 3.05) is 11.4 Å². The van der Waals surface area contributed by atoms with Crippen molar-refractivity contribution in [2.24, 2.45) is 0 Å². The quantitative estimate of drug-likeness (QED) is 0.332. The van der Waals surface area contributed by atoms with Crippen molar-refractivity contribution in [3.05, 3.63) is 42.3 Å². The number of amides is 1. The van der Waals surface area contributed by atoms with Crippen LogP contribution >= 0.6 is 7.82 Å². The Kier molecular flexibility index (Phi) is 7.57. The molecule has 1 unspecified atom stereocenters. The van der Waals surface area contributed by atoms with Crippen molar-refractivity contribution >= 4 is 19.6 Å². The van der Waals surface area contributed by atoms with Gasteiger partial charge in [-0.15, -0.1) is 10.2 Å². The average Bonchev–Trinajstić information content (AvgIpc) is 3.42. The first-order chi connectivity index (χ1) is 17.4. The lowest BCUT2D eigenvalue weighted by Crippen LogP contribution is -2.36. The van der Waals surface area contributed by atoms with Gasteiger partial charge in [-0.1, -0.05) is 6.07 Å². The summed E-state index contributed by atoms with van der Waals surface area (Å²) in [5.74, 6) is -0.257. The van der Waals surface area contributed by atoms with Crippen LogP contribution in [-0.2, 0) is 9.30 Å². The Morgan fingerprint density at radius 2 is 1.84 bits per heavy atom. The van der Waals surface area contributed by atoms with Gasteiger partial charge in [-0.2, -0.15) is 4.80 Å². The van der Waals surface area contributed by atoms with Gasteiger partial charge in [0, 0.05) is 17.3 Å². The number of hydrogen-bond donors (Lipinski definition) is 4. The number of tetrazole rings is 1. The number of anilines is 1. The van der Waals surface area contributed by atoms with E-state index in [0.29, 0.717) is 23.1 Å². The molecule has 1 aromatic carbocycles. The lowest BCUT2D eigenvalue weighted by molar-refractivity contribution is -0.0641. The van der Waals surface area contributed by atoms with E-state index in [1.807, 2.05) is 0 Å². The highest BCUT2D eigenvalue weighted by molar-refractivity contribution is 7.45. The summed E-state index contributed by atoms with van der Waals surface area (Å²) >= 11 is 0. The van der Waals surface area contributed by atoms with Gasteiger partial charge in [-0.05, 0) is 42.3 Å². The van der Waals surface area contributed by atoms with Crippen LogP contribution in [0.2, 0.25) is 0 Å². The molecule has 17 heteroatoms. The number of aromatic nitrogens is 5. The third kappa shape index (κ3) is 6.67. The van der Waals surface area contributed by atoms with Crippen LogP contribution in [0.5, 0.6) is 0 Å². The number of alkyl halides is 2. The summed E-state index contributed by atoms with van der Waals surface area (Å²) in [5, 5.41) is 21.7. The number of rotatable bonds is 6. The van der Waals surface area contributed by atoms with Crippen LogP contribution in [0.25, 0.3) is 22.6 Å². The second kappa shape index (κ2) is 10.5. The third-order valence-corrected chi connectivity index (χ3v) is 5.34. The van der Waals surface area contributed by atoms with Crippen LogP contribution in [0.3, 0.4) is 0 Å². The van der Waals surface area contributed by atoms with E-state index in [-0.39, 0.29) is 17.8 Å². The zero-order valence-electron chi connectivity index (χ0n) is 18.7. The fourth-order valence-electron chi connectivity index (χ4n) is 3.41. The maximum absolute atomic E-state index is 14.8. The second-order valence-corrected chi connectivity index (χ2v) is 9.16. The van der Waals surface area contributed by atoms with E-state index in [9.17, 15) is 23.1 Å². The molecule has 4 N–H and O–H groups in total. The molecule has 0 radical (unpaired) electrons. The van der Waals surface area contributed by atoms with Crippen LogP contribution in [0, 0.1) is 5.82 Å². The number of benzene rings is 1. The summed E-state index contributed by atoms with van der Waals surface area (Å²) in [4.78, 5) is 40.4. The van der Waals surface area contributed by atoms with Gasteiger partial charge >= 0.3 is 13.9 Å². The van der Waals surface area contributed by atoms with Gasteiger partial charge in [0.05, 0.1) is 18.3 Å². The topological polar surface area (TPSA) is 184 Å². The summed E-state index contributed by atoms with van der Waals surface area (Å²) in [6.45, 7) is -0.312. The Morgan fingerprint density at radius 3 is 2.41 bits per heavy atom. The van der Waals surface area contributed by atoms with Crippen LogP contribution in [0.15, 0.2) is 36.5 Å². The van der Waals surface area contributed by atoms with Gasteiger partial charge in [-0.3, -0.25) is 9.88 Å². The molecule has 3 aromatic rings. The van der Waals surface area contributed by atoms with Gasteiger partial charge in [0.2, 0.25) is 5.82 Å². The first-order valence-corrected chi connectivity index (χ1v) is 12.3. The highest BCUT2D eigenvalue weighted by Crippen LogP contribution is 2.34. The lowest BCUT2D eigenvalue weighted by Gasteiger charge is -2.16. The Balaban J connectivity index is 0.000000586. The van der Waals surface area contributed by atoms with Gasteiger partial charge in [0.1, 0.15) is 11.5 Å². The highest BCUT2D eigenvalue weighted by atomic mass is 31.2. The normalized spacial score (nSPS) is 18.4. The van der Waals surface area contributed by atoms with Gasteiger partial charge in [0.15, 0.2) is 12.2 Å². The van der Waals surface area contributed by atoms with Crippen LogP contribution < -0.4 is 4.90 Å². The molecule has 2 aliphatic rings. The number of phosphoric acid groups is 1. The Bertz CT molecular complexity index is 1310. The molecule has 1 aliphatic carbocycles. The molecule has 1 saturated heterocycles. The number of aliphatic hydroxyl groups excluding tert-OH is 1. The predicted molar refractivity (Wildman–Crippen MR) is 119 cm³/mol. The van der Waals surface area contributed by atoms with Crippen LogP contribution in [-0.4, -0.2) is 76.2 Å². The number of hydrogen-bond acceptors (Lipinski definition) is 8. The van der Waals surface area contributed by atoms with E-state index in [4.69, 9.17) is 24.0 Å². The predicted octanol–water partition coefficient (Wildman–Crippen LogP) is 1.90. The number of carbonyl (C=O) groups excluding carboxylic acids is 1. The van der Waals surface area contributed by atoms with Crippen molar-refractivity contribution in [1.29, 1.82) is 0 Å². The van der Waals surface area contributed by atoms with Crippen molar-refractivity contribution in [3.63, 3.8) is 0 Å². The minimum atomic E-state index is -4.64. The van der Waals surface area contributed by atoms with E-state index < -0.39 is 38.4 Å². The molecule has 5 rings (SSSR count). The van der Waals surface area contributed by atoms with Gasteiger partial charge < -0.3 is 24.5 Å². The van der Waals surface area contributed by atoms with Gasteiger partial charge in [-0.25, -0.2) is 22.5 Å². The SMILES string of the molecule is O=C1O[C@@H](C(O)C(F)F)CN1c1ccc(-c2ccc(-c3nnn(C4CC4)n3)nc2)c(F)c1.O=P(O)(O)O. The van der Waals surface area contributed by atoms with Crippen molar-refractivity contribution in [2.45, 2.75) is 37.5 Å². The lowest BCUT2D eigenvalue weighted by atomic mass is 10.1. The maximum Gasteiger partial charge on any atom is 0.466 e. The summed E-state index contributed by atoms with van der Waals surface area (Å²) in [6.07, 6.45) is -3.97. The minimum absolute atomic E-state index is 0.130. The van der Waals surface area contributed by atoms with Crippen molar-refractivity contribution in [1.82, 2.24) is 25.2 Å². The highest BCUT2D eigenvalue weighted by Gasteiger charge is 2.40.